The Morgan fingerprint density at radius 3 is 2.43 bits per heavy atom. The maximum atomic E-state index is 8.95. The predicted octanol–water partition coefficient (Wildman–Crippen LogP) is 2.88. The van der Waals surface area contributed by atoms with Gasteiger partial charge in [-0.15, -0.1) is 0 Å². The highest BCUT2D eigenvalue weighted by atomic mass is 16.5. The highest BCUT2D eigenvalue weighted by molar-refractivity contribution is 5.53. The van der Waals surface area contributed by atoms with Gasteiger partial charge in [-0.3, -0.25) is 0 Å². The van der Waals surface area contributed by atoms with Gasteiger partial charge in [-0.1, -0.05) is 0 Å². The smallest absolute Gasteiger partial charge is 0.122 e. The van der Waals surface area contributed by atoms with Crippen LogP contribution in [0.2, 0.25) is 0 Å². The molecule has 74 valence electrons. The fourth-order valence-electron chi connectivity index (χ4n) is 1.52. The van der Waals surface area contributed by atoms with E-state index in [2.05, 4.69) is 6.07 Å². The van der Waals surface area contributed by atoms with Crippen LogP contribution >= 0.6 is 0 Å². The van der Waals surface area contributed by atoms with E-state index in [1.165, 1.54) is 0 Å². The van der Waals surface area contributed by atoms with Crippen LogP contribution < -0.4 is 4.74 Å². The van der Waals surface area contributed by atoms with E-state index in [4.69, 9.17) is 10.00 Å². The Balaban J connectivity index is 3.34. The van der Waals surface area contributed by atoms with Crippen molar-refractivity contribution in [2.24, 2.45) is 0 Å². The molecule has 0 aliphatic carbocycles. The molecule has 0 amide bonds. The third-order valence-electron chi connectivity index (χ3n) is 2.46. The summed E-state index contributed by atoms with van der Waals surface area (Å²) in [5.74, 6) is 0.890. The number of hydrogen-bond donors (Lipinski definition) is 0. The molecule has 0 fully saturated rings. The summed E-state index contributed by atoms with van der Waals surface area (Å²) in [6, 6.07) is 4.15. The average Bonchev–Trinajstić information content (AvgIpc) is 2.15. The molecule has 0 radical (unpaired) electrons. The van der Waals surface area contributed by atoms with Crippen molar-refractivity contribution in [3.63, 3.8) is 0 Å². The van der Waals surface area contributed by atoms with Crippen molar-refractivity contribution in [2.75, 3.05) is 6.61 Å². The van der Waals surface area contributed by atoms with Gasteiger partial charge < -0.3 is 4.74 Å². The van der Waals surface area contributed by atoms with Gasteiger partial charge >= 0.3 is 0 Å². The first-order chi connectivity index (χ1) is 6.61. The SMILES string of the molecule is CCOc1cc(C)c(C#N)c(C)c1C. The van der Waals surface area contributed by atoms with Crippen molar-refractivity contribution in [3.8, 4) is 11.8 Å². The van der Waals surface area contributed by atoms with E-state index >= 15 is 0 Å². The Labute approximate surface area is 85.1 Å². The van der Waals surface area contributed by atoms with Crippen LogP contribution in [-0.4, -0.2) is 6.61 Å². The van der Waals surface area contributed by atoms with E-state index in [1.54, 1.807) is 0 Å². The molecule has 0 saturated heterocycles. The fourth-order valence-corrected chi connectivity index (χ4v) is 1.52. The lowest BCUT2D eigenvalue weighted by molar-refractivity contribution is 0.337. The lowest BCUT2D eigenvalue weighted by Crippen LogP contribution is -1.99. The largest absolute Gasteiger partial charge is 0.494 e. The lowest BCUT2D eigenvalue weighted by Gasteiger charge is -2.12. The van der Waals surface area contributed by atoms with Crippen molar-refractivity contribution >= 4 is 0 Å². The Hall–Kier alpha value is -1.49. The van der Waals surface area contributed by atoms with Crippen LogP contribution in [0.25, 0.3) is 0 Å². The molecule has 2 heteroatoms. The standard InChI is InChI=1S/C12H15NO/c1-5-14-12-6-8(2)11(7-13)9(3)10(12)4/h6H,5H2,1-4H3. The van der Waals surface area contributed by atoms with Crippen LogP contribution in [0.5, 0.6) is 5.75 Å². The number of nitriles is 1. The third kappa shape index (κ3) is 1.72. The van der Waals surface area contributed by atoms with Crippen molar-refractivity contribution < 1.29 is 4.74 Å². The molecule has 14 heavy (non-hydrogen) atoms. The van der Waals surface area contributed by atoms with Crippen LogP contribution in [-0.2, 0) is 0 Å². The molecule has 0 aliphatic rings. The molecule has 0 aromatic heterocycles. The molecular formula is C12H15NO. The molecule has 0 unspecified atom stereocenters. The molecule has 0 bridgehead atoms. The van der Waals surface area contributed by atoms with Gasteiger partial charge in [0.1, 0.15) is 5.75 Å². The first kappa shape index (κ1) is 10.6. The van der Waals surface area contributed by atoms with Gasteiger partial charge in [-0.25, -0.2) is 0 Å². The minimum Gasteiger partial charge on any atom is -0.494 e. The third-order valence-corrected chi connectivity index (χ3v) is 2.46. The molecule has 1 rings (SSSR count). The minimum absolute atomic E-state index is 0.658. The van der Waals surface area contributed by atoms with E-state index < -0.39 is 0 Å². The number of nitrogens with zero attached hydrogens (tertiary/aromatic N) is 1. The molecule has 0 heterocycles. The van der Waals surface area contributed by atoms with Gasteiger partial charge in [-0.05, 0) is 50.5 Å². The quantitative estimate of drug-likeness (QED) is 0.716. The summed E-state index contributed by atoms with van der Waals surface area (Å²) < 4.78 is 5.49. The Bertz CT molecular complexity index is 388. The van der Waals surface area contributed by atoms with Crippen molar-refractivity contribution in [3.05, 3.63) is 28.3 Å². The van der Waals surface area contributed by atoms with Crippen molar-refractivity contribution in [2.45, 2.75) is 27.7 Å². The monoisotopic (exact) mass is 189 g/mol. The minimum atomic E-state index is 0.658. The van der Waals surface area contributed by atoms with Crippen LogP contribution in [0.1, 0.15) is 29.2 Å². The summed E-state index contributed by atoms with van der Waals surface area (Å²) in [6.45, 7) is 8.51. The average molecular weight is 189 g/mol. The zero-order chi connectivity index (χ0) is 10.7. The van der Waals surface area contributed by atoms with Crippen LogP contribution in [0.4, 0.5) is 0 Å². The summed E-state index contributed by atoms with van der Waals surface area (Å²) >= 11 is 0. The number of rotatable bonds is 2. The van der Waals surface area contributed by atoms with Crippen LogP contribution in [0.15, 0.2) is 6.07 Å². The predicted molar refractivity (Wildman–Crippen MR) is 56.5 cm³/mol. The molecule has 0 aliphatic heterocycles. The second-order valence-corrected chi connectivity index (χ2v) is 3.36. The molecule has 0 atom stereocenters. The maximum Gasteiger partial charge on any atom is 0.122 e. The van der Waals surface area contributed by atoms with Gasteiger partial charge in [0.2, 0.25) is 0 Å². The highest BCUT2D eigenvalue weighted by Gasteiger charge is 2.09. The van der Waals surface area contributed by atoms with Gasteiger partial charge in [-0.2, -0.15) is 5.26 Å². The summed E-state index contributed by atoms with van der Waals surface area (Å²) in [6.07, 6.45) is 0. The number of benzene rings is 1. The van der Waals surface area contributed by atoms with Crippen molar-refractivity contribution in [1.29, 1.82) is 5.26 Å². The lowest BCUT2D eigenvalue weighted by atomic mass is 9.98. The van der Waals surface area contributed by atoms with E-state index in [0.29, 0.717) is 6.61 Å². The molecule has 2 nitrogen and oxygen atoms in total. The molecule has 0 spiro atoms. The summed E-state index contributed by atoms with van der Waals surface area (Å²) in [4.78, 5) is 0. The van der Waals surface area contributed by atoms with Crippen LogP contribution in [0.3, 0.4) is 0 Å². The molecule has 0 saturated carbocycles. The van der Waals surface area contributed by atoms with Crippen LogP contribution in [0, 0.1) is 32.1 Å². The topological polar surface area (TPSA) is 33.0 Å². The molecule has 1 aromatic rings. The zero-order valence-electron chi connectivity index (χ0n) is 9.14. The first-order valence-electron chi connectivity index (χ1n) is 4.75. The highest BCUT2D eigenvalue weighted by Crippen LogP contribution is 2.26. The Kier molecular flexibility index (Phi) is 3.14. The molecular weight excluding hydrogens is 174 g/mol. The summed E-state index contributed by atoms with van der Waals surface area (Å²) in [5, 5.41) is 8.95. The second kappa shape index (κ2) is 4.15. The number of ether oxygens (including phenoxy) is 1. The second-order valence-electron chi connectivity index (χ2n) is 3.36. The number of aryl methyl sites for hydroxylation is 1. The zero-order valence-corrected chi connectivity index (χ0v) is 9.14. The van der Waals surface area contributed by atoms with E-state index in [0.717, 1.165) is 28.0 Å². The molecule has 1 aromatic carbocycles. The van der Waals surface area contributed by atoms with Crippen molar-refractivity contribution in [1.82, 2.24) is 0 Å². The molecule has 0 N–H and O–H groups in total. The van der Waals surface area contributed by atoms with E-state index in [1.807, 2.05) is 33.8 Å². The summed E-state index contributed by atoms with van der Waals surface area (Å²) in [5.41, 5.74) is 3.84. The normalized spacial score (nSPS) is 9.64. The number of hydrogen-bond acceptors (Lipinski definition) is 2. The van der Waals surface area contributed by atoms with Gasteiger partial charge in [0.15, 0.2) is 0 Å². The Morgan fingerprint density at radius 1 is 1.29 bits per heavy atom. The summed E-state index contributed by atoms with van der Waals surface area (Å²) in [7, 11) is 0. The Morgan fingerprint density at radius 2 is 1.93 bits per heavy atom. The maximum absolute atomic E-state index is 8.95. The van der Waals surface area contributed by atoms with Gasteiger partial charge in [0, 0.05) is 0 Å². The van der Waals surface area contributed by atoms with E-state index in [-0.39, 0.29) is 0 Å². The van der Waals surface area contributed by atoms with E-state index in [9.17, 15) is 0 Å². The first-order valence-corrected chi connectivity index (χ1v) is 4.75. The van der Waals surface area contributed by atoms with Gasteiger partial charge in [0.25, 0.3) is 0 Å². The fraction of sp³-hybridized carbons (Fsp3) is 0.417. The van der Waals surface area contributed by atoms with Gasteiger partial charge in [0.05, 0.1) is 18.2 Å².